The summed E-state index contributed by atoms with van der Waals surface area (Å²) in [5.74, 6) is 2.66. The fourth-order valence-electron chi connectivity index (χ4n) is 6.41. The van der Waals surface area contributed by atoms with E-state index < -0.39 is 5.60 Å². The second-order valence-corrected chi connectivity index (χ2v) is 8.46. The van der Waals surface area contributed by atoms with Gasteiger partial charge < -0.3 is 5.11 Å². The quantitative estimate of drug-likeness (QED) is 0.673. The van der Waals surface area contributed by atoms with Crippen LogP contribution >= 0.6 is 0 Å². The predicted octanol–water partition coefficient (Wildman–Crippen LogP) is 5.03. The Labute approximate surface area is 135 Å². The highest BCUT2D eigenvalue weighted by molar-refractivity contribution is 5.33. The van der Waals surface area contributed by atoms with Gasteiger partial charge in [-0.3, -0.25) is 0 Å². The second-order valence-electron chi connectivity index (χ2n) is 8.46. The Kier molecular flexibility index (Phi) is 3.24. The summed E-state index contributed by atoms with van der Waals surface area (Å²) in [6.45, 7) is 8.96. The molecule has 4 aliphatic carbocycles. The zero-order valence-corrected chi connectivity index (χ0v) is 14.1. The van der Waals surface area contributed by atoms with Crippen LogP contribution in [0, 0.1) is 29.1 Å². The lowest BCUT2D eigenvalue weighted by Crippen LogP contribution is -2.53. The molecule has 1 heteroatoms. The number of rotatable bonds is 1. The average molecular weight is 298 g/mol. The first-order valence-corrected chi connectivity index (χ1v) is 9.28. The molecular weight excluding hydrogens is 268 g/mol. The van der Waals surface area contributed by atoms with Crippen LogP contribution in [0.3, 0.4) is 0 Å². The molecule has 0 aliphatic heterocycles. The van der Waals surface area contributed by atoms with Gasteiger partial charge in [0.25, 0.3) is 0 Å². The molecule has 0 saturated heterocycles. The van der Waals surface area contributed by atoms with Crippen LogP contribution in [-0.2, 0) is 0 Å². The molecule has 0 aromatic rings. The van der Waals surface area contributed by atoms with Gasteiger partial charge in [0.15, 0.2) is 0 Å². The van der Waals surface area contributed by atoms with Crippen LogP contribution in [0.15, 0.2) is 36.0 Å². The molecule has 2 fully saturated rings. The van der Waals surface area contributed by atoms with Gasteiger partial charge in [-0.1, -0.05) is 49.8 Å². The average Bonchev–Trinajstić information content (AvgIpc) is 2.79. The van der Waals surface area contributed by atoms with Gasteiger partial charge in [0.1, 0.15) is 0 Å². The van der Waals surface area contributed by atoms with Crippen LogP contribution in [0.2, 0.25) is 0 Å². The Bertz CT molecular complexity index is 556. The zero-order valence-electron chi connectivity index (χ0n) is 14.1. The van der Waals surface area contributed by atoms with Crippen LogP contribution in [0.4, 0.5) is 0 Å². The lowest BCUT2D eigenvalue weighted by molar-refractivity contribution is -0.0861. The van der Waals surface area contributed by atoms with E-state index in [1.807, 2.05) is 0 Å². The van der Waals surface area contributed by atoms with Gasteiger partial charge in [0.05, 0.1) is 5.60 Å². The van der Waals surface area contributed by atoms with Crippen molar-refractivity contribution in [2.75, 3.05) is 0 Å². The molecule has 4 aliphatic rings. The van der Waals surface area contributed by atoms with Crippen LogP contribution in [0.25, 0.3) is 0 Å². The van der Waals surface area contributed by atoms with Crippen LogP contribution in [-0.4, -0.2) is 10.7 Å². The van der Waals surface area contributed by atoms with Gasteiger partial charge in [-0.15, -0.1) is 0 Å². The van der Waals surface area contributed by atoms with Crippen molar-refractivity contribution < 1.29 is 5.11 Å². The van der Waals surface area contributed by atoms with Crippen molar-refractivity contribution >= 4 is 0 Å². The Balaban J connectivity index is 1.72. The highest BCUT2D eigenvalue weighted by Crippen LogP contribution is 2.64. The van der Waals surface area contributed by atoms with Crippen LogP contribution in [0.5, 0.6) is 0 Å². The molecule has 0 aromatic carbocycles. The molecule has 0 heterocycles. The van der Waals surface area contributed by atoms with E-state index in [1.165, 1.54) is 37.7 Å². The Morgan fingerprint density at radius 3 is 2.95 bits per heavy atom. The monoisotopic (exact) mass is 298 g/mol. The molecule has 0 bridgehead atoms. The first-order chi connectivity index (χ1) is 10.5. The molecular formula is C21H30O. The topological polar surface area (TPSA) is 20.2 Å². The molecule has 1 nitrogen and oxygen atoms in total. The molecule has 0 spiro atoms. The first kappa shape index (κ1) is 14.8. The van der Waals surface area contributed by atoms with Gasteiger partial charge in [0, 0.05) is 5.41 Å². The molecule has 0 radical (unpaired) electrons. The number of hydrogen-bond donors (Lipinski definition) is 1. The van der Waals surface area contributed by atoms with Crippen molar-refractivity contribution in [2.24, 2.45) is 29.1 Å². The maximum absolute atomic E-state index is 11.2. The minimum Gasteiger partial charge on any atom is -0.385 e. The first-order valence-electron chi connectivity index (χ1n) is 9.28. The Morgan fingerprint density at radius 2 is 2.18 bits per heavy atom. The van der Waals surface area contributed by atoms with Gasteiger partial charge in [-0.25, -0.2) is 0 Å². The van der Waals surface area contributed by atoms with Crippen molar-refractivity contribution in [3.05, 3.63) is 36.0 Å². The third-order valence-corrected chi connectivity index (χ3v) is 7.63. The smallest absolute Gasteiger partial charge is 0.0887 e. The predicted molar refractivity (Wildman–Crippen MR) is 91.4 cm³/mol. The van der Waals surface area contributed by atoms with E-state index in [1.54, 1.807) is 5.57 Å². The zero-order chi connectivity index (χ0) is 15.5. The van der Waals surface area contributed by atoms with E-state index in [9.17, 15) is 5.11 Å². The lowest BCUT2D eigenvalue weighted by Gasteiger charge is -2.56. The summed E-state index contributed by atoms with van der Waals surface area (Å²) >= 11 is 0. The highest BCUT2D eigenvalue weighted by Gasteiger charge is 2.60. The van der Waals surface area contributed by atoms with Gasteiger partial charge in [0.2, 0.25) is 0 Å². The molecule has 2 saturated carbocycles. The van der Waals surface area contributed by atoms with Crippen LogP contribution in [0.1, 0.15) is 58.8 Å². The summed E-state index contributed by atoms with van der Waals surface area (Å²) in [7, 11) is 0. The van der Waals surface area contributed by atoms with E-state index in [4.69, 9.17) is 0 Å². The summed E-state index contributed by atoms with van der Waals surface area (Å²) in [5, 5.41) is 11.2. The van der Waals surface area contributed by atoms with Crippen molar-refractivity contribution in [3.8, 4) is 0 Å². The minimum atomic E-state index is -0.631. The van der Waals surface area contributed by atoms with Crippen molar-refractivity contribution in [1.82, 2.24) is 0 Å². The molecule has 1 N–H and O–H groups in total. The van der Waals surface area contributed by atoms with Crippen molar-refractivity contribution in [2.45, 2.75) is 64.4 Å². The van der Waals surface area contributed by atoms with Gasteiger partial charge in [-0.2, -0.15) is 0 Å². The van der Waals surface area contributed by atoms with E-state index in [-0.39, 0.29) is 5.41 Å². The summed E-state index contributed by atoms with van der Waals surface area (Å²) in [4.78, 5) is 0. The lowest BCUT2D eigenvalue weighted by atomic mass is 9.49. The Hall–Kier alpha value is -0.820. The highest BCUT2D eigenvalue weighted by atomic mass is 16.3. The molecule has 0 aromatic heterocycles. The molecule has 22 heavy (non-hydrogen) atoms. The van der Waals surface area contributed by atoms with E-state index in [0.717, 1.165) is 18.8 Å². The third-order valence-electron chi connectivity index (χ3n) is 7.63. The summed E-state index contributed by atoms with van der Waals surface area (Å²) in [5.41, 5.74) is 2.49. The van der Waals surface area contributed by atoms with Crippen molar-refractivity contribution in [3.63, 3.8) is 0 Å². The maximum Gasteiger partial charge on any atom is 0.0887 e. The molecule has 0 amide bonds. The van der Waals surface area contributed by atoms with E-state index in [2.05, 4.69) is 38.7 Å². The number of hydrogen-bond acceptors (Lipinski definition) is 1. The fraction of sp³-hybridized carbons (Fsp3) is 0.714. The molecule has 6 atom stereocenters. The number of allylic oxidation sites excluding steroid dienone is 4. The number of aliphatic hydroxyl groups is 1. The Morgan fingerprint density at radius 1 is 1.36 bits per heavy atom. The third kappa shape index (κ3) is 1.75. The van der Waals surface area contributed by atoms with Crippen molar-refractivity contribution in [1.29, 1.82) is 0 Å². The summed E-state index contributed by atoms with van der Waals surface area (Å²) in [6, 6.07) is 0. The normalized spacial score (nSPS) is 50.1. The van der Waals surface area contributed by atoms with E-state index >= 15 is 0 Å². The number of fused-ring (bicyclic) bond motifs is 5. The summed E-state index contributed by atoms with van der Waals surface area (Å²) in [6.07, 6.45) is 15.4. The standard InChI is InChI=1S/C21H30O/c1-4-21(22)12-11-18-17-10-9-15-7-5-6-8-16(15)19(17)14(2)13-20(18,21)3/h7,11-12,16-19,22H,2,4-6,8-10,13H2,1,3H3/t16-,17-,18-,19+,20-,21-/m0/s1. The second kappa shape index (κ2) is 4.84. The van der Waals surface area contributed by atoms with Crippen LogP contribution < -0.4 is 0 Å². The van der Waals surface area contributed by atoms with Gasteiger partial charge >= 0.3 is 0 Å². The molecule has 0 unspecified atom stereocenters. The largest absolute Gasteiger partial charge is 0.385 e. The maximum atomic E-state index is 11.2. The van der Waals surface area contributed by atoms with Gasteiger partial charge in [-0.05, 0) is 68.6 Å². The van der Waals surface area contributed by atoms with E-state index in [0.29, 0.717) is 17.8 Å². The minimum absolute atomic E-state index is 0.0319. The summed E-state index contributed by atoms with van der Waals surface area (Å²) < 4.78 is 0. The molecule has 120 valence electrons. The molecule has 4 rings (SSSR count). The fourth-order valence-corrected chi connectivity index (χ4v) is 6.41. The SMILES string of the molecule is C=C1C[C@@]2(C)[C@@H](C=C[C@@]2(O)CC)[C@@H]2CCC3=CCCC[C@@H]3[C@@H]12.